The summed E-state index contributed by atoms with van der Waals surface area (Å²) in [5.74, 6) is -3.07. The zero-order valence-corrected chi connectivity index (χ0v) is 60.7. The molecular weight excluding hydrogens is 1320 g/mol. The smallest absolute Gasteiger partial charge is 0.331 e. The standard InChI is InChI=1S/C75H122O26/c1-8-11-14-16-17-18-21-25-34-41-54(79)97-70-69(101-71-60(85)58(83)57(82)51(44-76)93-71)65(99-72-62(87)66(95-55(80)43-42-49-35-29-27-30-36-49)64(47(6)89-72)94-52(77)39-32-23-15-12-9-2)48(7)91-75(70)98-63-46(5)90-74-68(61(63)86)96-53(78)40-33-26-22-19-20-24-31-38-50(37-28-13-10-3)92-73-67(100-74)59(84)56(81)45(4)88-73/h27,29-30,35-36,42-43,45-48,50-51,56-76,81-87H,8-26,28,31-34,37-41,44H2,1-7H3. The van der Waals surface area contributed by atoms with Gasteiger partial charge in [0.25, 0.3) is 0 Å². The van der Waals surface area contributed by atoms with Crippen molar-refractivity contribution in [2.45, 2.75) is 394 Å². The van der Waals surface area contributed by atoms with E-state index in [0.717, 1.165) is 134 Å². The van der Waals surface area contributed by atoms with Crippen LogP contribution in [-0.4, -0.2) is 231 Å². The van der Waals surface area contributed by atoms with Crippen LogP contribution in [0.3, 0.4) is 0 Å². The fraction of sp³-hybridized carbons (Fsp3) is 0.840. The predicted octanol–water partition coefficient (Wildman–Crippen LogP) is 7.88. The summed E-state index contributed by atoms with van der Waals surface area (Å²) in [5.41, 5.74) is 0.659. The van der Waals surface area contributed by atoms with Gasteiger partial charge in [0.15, 0.2) is 55.9 Å². The summed E-state index contributed by atoms with van der Waals surface area (Å²) < 4.78 is 89.8. The molecule has 6 heterocycles. The summed E-state index contributed by atoms with van der Waals surface area (Å²) in [4.78, 5) is 56.1. The highest BCUT2D eigenvalue weighted by Gasteiger charge is 2.59. The van der Waals surface area contributed by atoms with Crippen molar-refractivity contribution in [3.05, 3.63) is 42.0 Å². The van der Waals surface area contributed by atoms with E-state index in [9.17, 15) is 60.0 Å². The van der Waals surface area contributed by atoms with Crippen molar-refractivity contribution in [2.75, 3.05) is 6.61 Å². The lowest BCUT2D eigenvalue weighted by molar-refractivity contribution is -0.400. The van der Waals surface area contributed by atoms with Crippen LogP contribution in [0, 0.1) is 0 Å². The van der Waals surface area contributed by atoms with Crippen LogP contribution in [0.2, 0.25) is 0 Å². The van der Waals surface area contributed by atoms with E-state index in [2.05, 4.69) is 20.8 Å². The molecule has 0 spiro atoms. The number of aliphatic hydroxyl groups excluding tert-OH is 8. The number of hydrogen-bond donors (Lipinski definition) is 8. The number of unbranched alkanes of at least 4 members (excludes halogenated alkanes) is 14. The van der Waals surface area contributed by atoms with Gasteiger partial charge >= 0.3 is 23.9 Å². The van der Waals surface area contributed by atoms with Gasteiger partial charge in [0.05, 0.1) is 37.1 Å². The van der Waals surface area contributed by atoms with Crippen LogP contribution in [0.1, 0.15) is 240 Å². The second kappa shape index (κ2) is 44.3. The zero-order valence-electron chi connectivity index (χ0n) is 60.7. The monoisotopic (exact) mass is 1440 g/mol. The quantitative estimate of drug-likeness (QED) is 0.0147. The number of hydrogen-bond acceptors (Lipinski definition) is 26. The number of carbonyl (C=O) groups excluding carboxylic acids is 4. The second-order valence-corrected chi connectivity index (χ2v) is 28.4. The largest absolute Gasteiger partial charge is 0.455 e. The van der Waals surface area contributed by atoms with Crippen LogP contribution >= 0.6 is 0 Å². The van der Waals surface area contributed by atoms with Gasteiger partial charge in [0.2, 0.25) is 0 Å². The third-order valence-corrected chi connectivity index (χ3v) is 20.1. The Balaban J connectivity index is 1.25. The molecule has 101 heavy (non-hydrogen) atoms. The van der Waals surface area contributed by atoms with E-state index < -0.39 is 184 Å². The lowest BCUT2D eigenvalue weighted by atomic mass is 9.95. The van der Waals surface area contributed by atoms with Crippen molar-refractivity contribution in [1.29, 1.82) is 0 Å². The molecule has 6 saturated heterocycles. The minimum atomic E-state index is -2.05. The Morgan fingerprint density at radius 1 is 0.455 bits per heavy atom. The van der Waals surface area contributed by atoms with Crippen molar-refractivity contribution < 1.29 is 126 Å². The number of carbonyl (C=O) groups is 4. The zero-order chi connectivity index (χ0) is 73.0. The number of esters is 4. The first-order chi connectivity index (χ1) is 48.7. The normalized spacial score (nSPS) is 37.2. The average molecular weight is 1440 g/mol. The molecule has 0 bridgehead atoms. The topological polar surface area (TPSA) is 359 Å². The number of fused-ring (bicyclic) bond motifs is 2. The number of ether oxygens (including phenoxy) is 14. The summed E-state index contributed by atoms with van der Waals surface area (Å²) in [6, 6.07) is 8.89. The number of aliphatic hydroxyl groups is 8. The lowest BCUT2D eigenvalue weighted by Gasteiger charge is -2.51. The van der Waals surface area contributed by atoms with Crippen molar-refractivity contribution in [1.82, 2.24) is 0 Å². The molecule has 1 aromatic carbocycles. The molecule has 1 aromatic rings. The minimum absolute atomic E-state index is 0.0246. The highest BCUT2D eigenvalue weighted by atomic mass is 16.8. The van der Waals surface area contributed by atoms with Crippen LogP contribution < -0.4 is 0 Å². The summed E-state index contributed by atoms with van der Waals surface area (Å²) in [6.07, 6.45) is -15.8. The summed E-state index contributed by atoms with van der Waals surface area (Å²) in [6.45, 7) is 11.6. The average Bonchev–Trinajstić information content (AvgIpc) is 0.765. The maximum Gasteiger partial charge on any atom is 0.331 e. The maximum absolute atomic E-state index is 14.6. The number of benzene rings is 1. The van der Waals surface area contributed by atoms with E-state index in [1.54, 1.807) is 31.2 Å². The first-order valence-electron chi connectivity index (χ1n) is 38.1. The van der Waals surface area contributed by atoms with Crippen LogP contribution in [0.25, 0.3) is 6.08 Å². The van der Waals surface area contributed by atoms with Crippen molar-refractivity contribution in [3.63, 3.8) is 0 Å². The first kappa shape index (κ1) is 84.4. The Labute approximate surface area is 596 Å². The third-order valence-electron chi connectivity index (χ3n) is 20.1. The fourth-order valence-corrected chi connectivity index (χ4v) is 14.0. The molecule has 578 valence electrons. The van der Waals surface area contributed by atoms with Gasteiger partial charge in [-0.3, -0.25) is 14.4 Å². The molecule has 6 fully saturated rings. The maximum atomic E-state index is 14.6. The Morgan fingerprint density at radius 3 is 1.62 bits per heavy atom. The summed E-state index contributed by atoms with van der Waals surface area (Å²) >= 11 is 0. The molecule has 7 rings (SSSR count). The van der Waals surface area contributed by atoms with E-state index in [4.69, 9.17) is 66.3 Å². The van der Waals surface area contributed by atoms with Gasteiger partial charge in [-0.15, -0.1) is 0 Å². The molecule has 6 aliphatic heterocycles. The van der Waals surface area contributed by atoms with E-state index in [1.807, 2.05) is 6.07 Å². The predicted molar refractivity (Wildman–Crippen MR) is 365 cm³/mol. The summed E-state index contributed by atoms with van der Waals surface area (Å²) in [7, 11) is 0. The highest BCUT2D eigenvalue weighted by molar-refractivity contribution is 5.87. The Kier molecular flexibility index (Phi) is 37.0. The molecular formula is C75H122O26. The van der Waals surface area contributed by atoms with E-state index >= 15 is 0 Å². The van der Waals surface area contributed by atoms with Crippen LogP contribution in [-0.2, 0) is 85.5 Å². The Hall–Kier alpha value is -3.88. The van der Waals surface area contributed by atoms with Crippen LogP contribution in [0.4, 0.5) is 0 Å². The second-order valence-electron chi connectivity index (χ2n) is 28.4. The van der Waals surface area contributed by atoms with E-state index in [-0.39, 0.29) is 25.4 Å². The van der Waals surface area contributed by atoms with Gasteiger partial charge in [-0.2, -0.15) is 0 Å². The fourth-order valence-electron chi connectivity index (χ4n) is 14.0. The van der Waals surface area contributed by atoms with Gasteiger partial charge in [-0.1, -0.05) is 186 Å². The highest BCUT2D eigenvalue weighted by Crippen LogP contribution is 2.40. The SMILES string of the molecule is CCCCCCCCCCCC(=O)OC1C(OC2C(C)OC3OC4C(OC(CCCCC)CCCCCCCCCC(=O)OC3C2O)OC(C)C(O)C4O)OC(C)C(OC2OC(C)C(OC(=O)CCCCCCC)C(OC(=O)C=Cc3ccccc3)C2O)C1OC1OC(CO)C(O)C(O)C1O. The molecule has 0 amide bonds. The Morgan fingerprint density at radius 2 is 0.980 bits per heavy atom. The van der Waals surface area contributed by atoms with Crippen LogP contribution in [0.5, 0.6) is 0 Å². The summed E-state index contributed by atoms with van der Waals surface area (Å²) in [5, 5.41) is 92.8. The van der Waals surface area contributed by atoms with E-state index in [0.29, 0.717) is 44.1 Å². The Bertz CT molecular complexity index is 2550. The van der Waals surface area contributed by atoms with E-state index in [1.165, 1.54) is 26.8 Å². The molecule has 26 nitrogen and oxygen atoms in total. The lowest BCUT2D eigenvalue weighted by Crippen LogP contribution is -2.68. The molecule has 6 aliphatic rings. The molecule has 0 saturated carbocycles. The van der Waals surface area contributed by atoms with Crippen molar-refractivity contribution in [3.8, 4) is 0 Å². The molecule has 0 aliphatic carbocycles. The molecule has 26 unspecified atom stereocenters. The minimum Gasteiger partial charge on any atom is -0.455 e. The first-order valence-corrected chi connectivity index (χ1v) is 38.1. The molecule has 8 N–H and O–H groups in total. The molecule has 0 radical (unpaired) electrons. The van der Waals surface area contributed by atoms with Gasteiger partial charge < -0.3 is 107 Å². The molecule has 26 atom stereocenters. The van der Waals surface area contributed by atoms with Gasteiger partial charge in [0.1, 0.15) is 73.2 Å². The molecule has 26 heteroatoms. The number of rotatable bonds is 32. The van der Waals surface area contributed by atoms with Crippen molar-refractivity contribution in [2.24, 2.45) is 0 Å². The van der Waals surface area contributed by atoms with Crippen molar-refractivity contribution >= 4 is 30.0 Å². The van der Waals surface area contributed by atoms with Gasteiger partial charge in [-0.25, -0.2) is 4.79 Å². The molecule has 0 aromatic heterocycles. The third kappa shape index (κ3) is 25.7. The van der Waals surface area contributed by atoms with Crippen LogP contribution in [0.15, 0.2) is 36.4 Å². The van der Waals surface area contributed by atoms with Gasteiger partial charge in [0, 0.05) is 25.3 Å². The van der Waals surface area contributed by atoms with Gasteiger partial charge in [-0.05, 0) is 71.4 Å².